The standard InChI is InChI=1S/C16H24O2/c1-4-12-6-7-13(5-2)15(9-12)16(17)14-8-11(3)18-10-14/h6-7,9,11,14,16-17H,4-5,8,10H2,1-3H3. The molecule has 2 heteroatoms. The van der Waals surface area contributed by atoms with E-state index in [2.05, 4.69) is 39.0 Å². The Morgan fingerprint density at radius 3 is 2.67 bits per heavy atom. The predicted octanol–water partition coefficient (Wildman–Crippen LogP) is 3.27. The monoisotopic (exact) mass is 248 g/mol. The van der Waals surface area contributed by atoms with Crippen molar-refractivity contribution in [2.75, 3.05) is 6.61 Å². The van der Waals surface area contributed by atoms with Crippen molar-refractivity contribution < 1.29 is 9.84 Å². The second-order valence-corrected chi connectivity index (χ2v) is 5.32. The average Bonchev–Trinajstić information content (AvgIpc) is 2.83. The van der Waals surface area contributed by atoms with Crippen LogP contribution in [0.2, 0.25) is 0 Å². The Morgan fingerprint density at radius 1 is 1.33 bits per heavy atom. The molecule has 1 aliphatic rings. The van der Waals surface area contributed by atoms with Crippen LogP contribution in [0.25, 0.3) is 0 Å². The molecule has 0 spiro atoms. The van der Waals surface area contributed by atoms with E-state index in [4.69, 9.17) is 4.74 Å². The summed E-state index contributed by atoms with van der Waals surface area (Å²) in [6, 6.07) is 6.51. The number of aliphatic hydroxyl groups excluding tert-OH is 1. The molecule has 100 valence electrons. The van der Waals surface area contributed by atoms with Crippen molar-refractivity contribution in [1.82, 2.24) is 0 Å². The SMILES string of the molecule is CCc1ccc(CC)c(C(O)C2COC(C)C2)c1. The number of aliphatic hydroxyl groups is 1. The minimum atomic E-state index is -0.378. The molecule has 2 nitrogen and oxygen atoms in total. The van der Waals surface area contributed by atoms with Crippen molar-refractivity contribution in [2.24, 2.45) is 5.92 Å². The van der Waals surface area contributed by atoms with Gasteiger partial charge < -0.3 is 9.84 Å². The van der Waals surface area contributed by atoms with E-state index < -0.39 is 0 Å². The molecule has 1 aromatic carbocycles. The van der Waals surface area contributed by atoms with Gasteiger partial charge in [0.25, 0.3) is 0 Å². The lowest BCUT2D eigenvalue weighted by atomic mass is 9.88. The first-order valence-corrected chi connectivity index (χ1v) is 7.07. The van der Waals surface area contributed by atoms with Gasteiger partial charge in [-0.15, -0.1) is 0 Å². The summed E-state index contributed by atoms with van der Waals surface area (Å²) < 4.78 is 5.58. The van der Waals surface area contributed by atoms with Gasteiger partial charge in [-0.25, -0.2) is 0 Å². The van der Waals surface area contributed by atoms with E-state index in [0.717, 1.165) is 24.8 Å². The fourth-order valence-corrected chi connectivity index (χ4v) is 2.79. The molecule has 1 saturated heterocycles. The van der Waals surface area contributed by atoms with Gasteiger partial charge in [-0.3, -0.25) is 0 Å². The molecule has 2 rings (SSSR count). The lowest BCUT2D eigenvalue weighted by Gasteiger charge is -2.20. The summed E-state index contributed by atoms with van der Waals surface area (Å²) in [4.78, 5) is 0. The van der Waals surface area contributed by atoms with E-state index in [9.17, 15) is 5.11 Å². The third-order valence-electron chi connectivity index (χ3n) is 3.99. The van der Waals surface area contributed by atoms with Crippen LogP contribution in [-0.4, -0.2) is 17.8 Å². The molecule has 3 unspecified atom stereocenters. The quantitative estimate of drug-likeness (QED) is 0.886. The summed E-state index contributed by atoms with van der Waals surface area (Å²) in [6.07, 6.45) is 2.85. The zero-order valence-corrected chi connectivity index (χ0v) is 11.6. The molecule has 0 bridgehead atoms. The molecule has 3 atom stereocenters. The van der Waals surface area contributed by atoms with Crippen LogP contribution in [0.15, 0.2) is 18.2 Å². The number of rotatable bonds is 4. The molecule has 0 aromatic heterocycles. The maximum absolute atomic E-state index is 10.6. The largest absolute Gasteiger partial charge is 0.388 e. The fourth-order valence-electron chi connectivity index (χ4n) is 2.79. The van der Waals surface area contributed by atoms with Gasteiger partial charge in [0.05, 0.1) is 18.8 Å². The molecular formula is C16H24O2. The van der Waals surface area contributed by atoms with E-state index >= 15 is 0 Å². The first kappa shape index (κ1) is 13.6. The molecule has 18 heavy (non-hydrogen) atoms. The van der Waals surface area contributed by atoms with Crippen LogP contribution in [-0.2, 0) is 17.6 Å². The van der Waals surface area contributed by atoms with Crippen LogP contribution in [0.5, 0.6) is 0 Å². The lowest BCUT2D eigenvalue weighted by Crippen LogP contribution is -2.15. The van der Waals surface area contributed by atoms with Crippen LogP contribution < -0.4 is 0 Å². The van der Waals surface area contributed by atoms with Gasteiger partial charge in [-0.2, -0.15) is 0 Å². The Labute approximate surface area is 110 Å². The highest BCUT2D eigenvalue weighted by molar-refractivity contribution is 5.34. The summed E-state index contributed by atoms with van der Waals surface area (Å²) in [7, 11) is 0. The zero-order chi connectivity index (χ0) is 13.1. The highest BCUT2D eigenvalue weighted by atomic mass is 16.5. The van der Waals surface area contributed by atoms with Crippen molar-refractivity contribution in [3.8, 4) is 0 Å². The summed E-state index contributed by atoms with van der Waals surface area (Å²) >= 11 is 0. The van der Waals surface area contributed by atoms with Crippen LogP contribution in [0.4, 0.5) is 0 Å². The van der Waals surface area contributed by atoms with Gasteiger partial charge in [-0.1, -0.05) is 32.0 Å². The Kier molecular flexibility index (Phi) is 4.41. The molecule has 1 aliphatic heterocycles. The number of hydrogen-bond donors (Lipinski definition) is 1. The maximum Gasteiger partial charge on any atom is 0.0843 e. The maximum atomic E-state index is 10.6. The molecule has 1 N–H and O–H groups in total. The third kappa shape index (κ3) is 2.76. The molecule has 0 aliphatic carbocycles. The van der Waals surface area contributed by atoms with Crippen molar-refractivity contribution in [3.05, 3.63) is 34.9 Å². The topological polar surface area (TPSA) is 29.5 Å². The Bertz CT molecular complexity index is 400. The second-order valence-electron chi connectivity index (χ2n) is 5.32. The van der Waals surface area contributed by atoms with Gasteiger partial charge >= 0.3 is 0 Å². The molecule has 1 aromatic rings. The van der Waals surface area contributed by atoms with E-state index in [0.29, 0.717) is 6.61 Å². The van der Waals surface area contributed by atoms with Gasteiger partial charge in [-0.05, 0) is 42.9 Å². The third-order valence-corrected chi connectivity index (χ3v) is 3.99. The minimum absolute atomic E-state index is 0.248. The number of benzene rings is 1. The van der Waals surface area contributed by atoms with Crippen molar-refractivity contribution in [3.63, 3.8) is 0 Å². The molecule has 1 heterocycles. The first-order valence-electron chi connectivity index (χ1n) is 7.07. The van der Waals surface area contributed by atoms with Crippen molar-refractivity contribution in [1.29, 1.82) is 0 Å². The Morgan fingerprint density at radius 2 is 2.11 bits per heavy atom. The summed E-state index contributed by atoms with van der Waals surface area (Å²) in [5, 5.41) is 10.6. The van der Waals surface area contributed by atoms with Gasteiger partial charge in [0.15, 0.2) is 0 Å². The lowest BCUT2D eigenvalue weighted by molar-refractivity contribution is 0.0799. The smallest absolute Gasteiger partial charge is 0.0843 e. The zero-order valence-electron chi connectivity index (χ0n) is 11.6. The minimum Gasteiger partial charge on any atom is -0.388 e. The molecule has 0 amide bonds. The number of ether oxygens (including phenoxy) is 1. The molecule has 0 saturated carbocycles. The van der Waals surface area contributed by atoms with Gasteiger partial charge in [0.1, 0.15) is 0 Å². The Hall–Kier alpha value is -0.860. The molecule has 1 fully saturated rings. The summed E-state index contributed by atoms with van der Waals surface area (Å²) in [5.41, 5.74) is 3.67. The fraction of sp³-hybridized carbons (Fsp3) is 0.625. The Balaban J connectivity index is 2.24. The highest BCUT2D eigenvalue weighted by Gasteiger charge is 2.30. The van der Waals surface area contributed by atoms with Crippen molar-refractivity contribution >= 4 is 0 Å². The number of aryl methyl sites for hydroxylation is 2. The number of hydrogen-bond acceptors (Lipinski definition) is 2. The highest BCUT2D eigenvalue weighted by Crippen LogP contribution is 2.33. The summed E-state index contributed by atoms with van der Waals surface area (Å²) in [6.45, 7) is 7.06. The van der Waals surface area contributed by atoms with E-state index in [1.54, 1.807) is 0 Å². The van der Waals surface area contributed by atoms with Crippen LogP contribution in [0.3, 0.4) is 0 Å². The van der Waals surface area contributed by atoms with Crippen molar-refractivity contribution in [2.45, 2.75) is 52.2 Å². The summed E-state index contributed by atoms with van der Waals surface area (Å²) in [5.74, 6) is 0.248. The second kappa shape index (κ2) is 5.85. The van der Waals surface area contributed by atoms with Crippen LogP contribution in [0, 0.1) is 5.92 Å². The molecule has 0 radical (unpaired) electrons. The van der Waals surface area contributed by atoms with Gasteiger partial charge in [0.2, 0.25) is 0 Å². The van der Waals surface area contributed by atoms with E-state index in [-0.39, 0.29) is 18.1 Å². The van der Waals surface area contributed by atoms with Gasteiger partial charge in [0, 0.05) is 5.92 Å². The van der Waals surface area contributed by atoms with E-state index in [1.165, 1.54) is 11.1 Å². The average molecular weight is 248 g/mol. The van der Waals surface area contributed by atoms with E-state index in [1.807, 2.05) is 0 Å². The van der Waals surface area contributed by atoms with Crippen LogP contribution >= 0.6 is 0 Å². The molecular weight excluding hydrogens is 224 g/mol. The van der Waals surface area contributed by atoms with Crippen LogP contribution in [0.1, 0.15) is 50.0 Å². The predicted molar refractivity (Wildman–Crippen MR) is 73.7 cm³/mol. The normalized spacial score (nSPS) is 25.3. The first-order chi connectivity index (χ1) is 8.65.